The molecule has 0 radical (unpaired) electrons. The van der Waals surface area contributed by atoms with Crippen molar-refractivity contribution in [3.05, 3.63) is 40.6 Å². The minimum atomic E-state index is -0.378. The standard InChI is InChI=1S/C15H17N3O2/c1-10-4-2-6-12(10)17-13-8-9-16-15-11(13)5-3-7-14(15)18(19)20/h3,5,7-10,12H,2,4,6H2,1H3,(H,16,17). The molecule has 2 unspecified atom stereocenters. The molecule has 5 heteroatoms. The summed E-state index contributed by atoms with van der Waals surface area (Å²) in [6.07, 6.45) is 5.26. The first-order chi connectivity index (χ1) is 9.66. The molecule has 2 aromatic rings. The molecule has 0 aliphatic heterocycles. The van der Waals surface area contributed by atoms with Gasteiger partial charge in [0.05, 0.1) is 4.92 Å². The number of nitrogens with zero attached hydrogens (tertiary/aromatic N) is 2. The number of fused-ring (bicyclic) bond motifs is 1. The average molecular weight is 271 g/mol. The number of nitro groups is 1. The van der Waals surface area contributed by atoms with Crippen LogP contribution in [0.1, 0.15) is 26.2 Å². The zero-order valence-corrected chi connectivity index (χ0v) is 11.4. The fourth-order valence-corrected chi connectivity index (χ4v) is 2.99. The molecular formula is C15H17N3O2. The van der Waals surface area contributed by atoms with E-state index in [4.69, 9.17) is 0 Å². The summed E-state index contributed by atoms with van der Waals surface area (Å²) in [4.78, 5) is 14.9. The highest BCUT2D eigenvalue weighted by atomic mass is 16.6. The van der Waals surface area contributed by atoms with E-state index in [1.54, 1.807) is 12.3 Å². The van der Waals surface area contributed by atoms with Crippen molar-refractivity contribution in [2.75, 3.05) is 5.32 Å². The fourth-order valence-electron chi connectivity index (χ4n) is 2.99. The van der Waals surface area contributed by atoms with Crippen molar-refractivity contribution >= 4 is 22.3 Å². The van der Waals surface area contributed by atoms with E-state index in [-0.39, 0.29) is 10.6 Å². The van der Waals surface area contributed by atoms with Crippen molar-refractivity contribution in [3.8, 4) is 0 Å². The van der Waals surface area contributed by atoms with Gasteiger partial charge in [0.1, 0.15) is 5.52 Å². The Labute approximate surface area is 117 Å². The maximum absolute atomic E-state index is 11.1. The molecule has 1 aliphatic carbocycles. The third-order valence-corrected chi connectivity index (χ3v) is 4.15. The molecule has 0 amide bonds. The van der Waals surface area contributed by atoms with Gasteiger partial charge in [-0.05, 0) is 24.8 Å². The molecule has 1 N–H and O–H groups in total. The Morgan fingerprint density at radius 2 is 2.20 bits per heavy atom. The molecule has 104 valence electrons. The zero-order valence-electron chi connectivity index (χ0n) is 11.4. The Balaban J connectivity index is 2.03. The first-order valence-electron chi connectivity index (χ1n) is 6.95. The molecule has 3 rings (SSSR count). The summed E-state index contributed by atoms with van der Waals surface area (Å²) < 4.78 is 0. The number of hydrogen-bond acceptors (Lipinski definition) is 4. The first-order valence-corrected chi connectivity index (χ1v) is 6.95. The van der Waals surface area contributed by atoms with Crippen molar-refractivity contribution < 1.29 is 4.92 Å². The third-order valence-electron chi connectivity index (χ3n) is 4.15. The van der Waals surface area contributed by atoms with Gasteiger partial charge in [0.2, 0.25) is 0 Å². The average Bonchev–Trinajstić information content (AvgIpc) is 2.84. The van der Waals surface area contributed by atoms with Gasteiger partial charge in [-0.1, -0.05) is 25.5 Å². The number of nitro benzene ring substituents is 1. The van der Waals surface area contributed by atoms with Crippen molar-refractivity contribution in [3.63, 3.8) is 0 Å². The van der Waals surface area contributed by atoms with E-state index in [0.29, 0.717) is 17.5 Å². The lowest BCUT2D eigenvalue weighted by Gasteiger charge is -2.19. The molecule has 0 saturated heterocycles. The second-order valence-electron chi connectivity index (χ2n) is 5.45. The highest BCUT2D eigenvalue weighted by Gasteiger charge is 2.24. The van der Waals surface area contributed by atoms with E-state index in [1.165, 1.54) is 18.9 Å². The molecule has 1 aromatic carbocycles. The Kier molecular flexibility index (Phi) is 3.26. The summed E-state index contributed by atoms with van der Waals surface area (Å²) in [5, 5.41) is 15.4. The lowest BCUT2D eigenvalue weighted by atomic mass is 10.1. The van der Waals surface area contributed by atoms with E-state index >= 15 is 0 Å². The van der Waals surface area contributed by atoms with Gasteiger partial charge in [-0.15, -0.1) is 0 Å². The minimum Gasteiger partial charge on any atom is -0.381 e. The van der Waals surface area contributed by atoms with E-state index in [1.807, 2.05) is 12.1 Å². The Morgan fingerprint density at radius 1 is 1.35 bits per heavy atom. The van der Waals surface area contributed by atoms with Crippen LogP contribution in [-0.2, 0) is 0 Å². The largest absolute Gasteiger partial charge is 0.381 e. The number of hydrogen-bond donors (Lipinski definition) is 1. The summed E-state index contributed by atoms with van der Waals surface area (Å²) in [5.74, 6) is 0.636. The Bertz CT molecular complexity index is 657. The van der Waals surface area contributed by atoms with Crippen molar-refractivity contribution in [2.24, 2.45) is 5.92 Å². The van der Waals surface area contributed by atoms with E-state index < -0.39 is 0 Å². The quantitative estimate of drug-likeness (QED) is 0.682. The fraction of sp³-hybridized carbons (Fsp3) is 0.400. The molecule has 20 heavy (non-hydrogen) atoms. The van der Waals surface area contributed by atoms with E-state index in [2.05, 4.69) is 17.2 Å². The second-order valence-corrected chi connectivity index (χ2v) is 5.45. The van der Waals surface area contributed by atoms with Gasteiger partial charge in [-0.25, -0.2) is 4.98 Å². The zero-order chi connectivity index (χ0) is 14.1. The van der Waals surface area contributed by atoms with Crippen LogP contribution in [0.4, 0.5) is 11.4 Å². The monoisotopic (exact) mass is 271 g/mol. The summed E-state index contributed by atoms with van der Waals surface area (Å²) in [6.45, 7) is 2.25. The van der Waals surface area contributed by atoms with Gasteiger partial charge in [-0.3, -0.25) is 10.1 Å². The van der Waals surface area contributed by atoms with Crippen LogP contribution in [0, 0.1) is 16.0 Å². The predicted molar refractivity (Wildman–Crippen MR) is 78.8 cm³/mol. The van der Waals surface area contributed by atoms with Crippen LogP contribution >= 0.6 is 0 Å². The number of nitrogens with one attached hydrogen (secondary N) is 1. The lowest BCUT2D eigenvalue weighted by Crippen LogP contribution is -2.21. The SMILES string of the molecule is CC1CCCC1Nc1ccnc2c([N+](=O)[O-])cccc12. The van der Waals surface area contributed by atoms with Gasteiger partial charge in [0.15, 0.2) is 0 Å². The molecular weight excluding hydrogens is 254 g/mol. The van der Waals surface area contributed by atoms with Crippen molar-refractivity contribution in [1.82, 2.24) is 4.98 Å². The third kappa shape index (κ3) is 2.19. The van der Waals surface area contributed by atoms with Crippen LogP contribution in [0.15, 0.2) is 30.5 Å². The van der Waals surface area contributed by atoms with Gasteiger partial charge in [0, 0.05) is 29.4 Å². The van der Waals surface area contributed by atoms with Crippen molar-refractivity contribution in [1.29, 1.82) is 0 Å². The molecule has 1 aromatic heterocycles. The van der Waals surface area contributed by atoms with Gasteiger partial charge < -0.3 is 5.32 Å². The number of benzene rings is 1. The summed E-state index contributed by atoms with van der Waals surface area (Å²) in [5.41, 5.74) is 1.45. The van der Waals surface area contributed by atoms with Gasteiger partial charge in [0.25, 0.3) is 5.69 Å². The van der Waals surface area contributed by atoms with Crippen LogP contribution in [-0.4, -0.2) is 15.9 Å². The Morgan fingerprint density at radius 3 is 2.90 bits per heavy atom. The normalized spacial score (nSPS) is 22.1. The second kappa shape index (κ2) is 5.07. The predicted octanol–water partition coefficient (Wildman–Crippen LogP) is 3.74. The molecule has 1 aliphatic rings. The number of anilines is 1. The molecule has 1 fully saturated rings. The number of pyridine rings is 1. The lowest BCUT2D eigenvalue weighted by molar-refractivity contribution is -0.383. The number of non-ortho nitro benzene ring substituents is 1. The molecule has 0 spiro atoms. The van der Waals surface area contributed by atoms with Gasteiger partial charge in [-0.2, -0.15) is 0 Å². The van der Waals surface area contributed by atoms with Crippen LogP contribution in [0.25, 0.3) is 10.9 Å². The van der Waals surface area contributed by atoms with Crippen LogP contribution in [0.2, 0.25) is 0 Å². The van der Waals surface area contributed by atoms with Crippen LogP contribution in [0.5, 0.6) is 0 Å². The summed E-state index contributed by atoms with van der Waals surface area (Å²) >= 11 is 0. The number of rotatable bonds is 3. The highest BCUT2D eigenvalue weighted by Crippen LogP contribution is 2.32. The van der Waals surface area contributed by atoms with E-state index in [0.717, 1.165) is 17.5 Å². The number of aromatic nitrogens is 1. The number of para-hydroxylation sites is 1. The Hall–Kier alpha value is -2.17. The molecule has 1 saturated carbocycles. The van der Waals surface area contributed by atoms with Crippen LogP contribution < -0.4 is 5.32 Å². The molecule has 2 atom stereocenters. The van der Waals surface area contributed by atoms with Gasteiger partial charge >= 0.3 is 0 Å². The van der Waals surface area contributed by atoms with Crippen molar-refractivity contribution in [2.45, 2.75) is 32.2 Å². The topological polar surface area (TPSA) is 68.1 Å². The smallest absolute Gasteiger partial charge is 0.295 e. The summed E-state index contributed by atoms with van der Waals surface area (Å²) in [6, 6.07) is 7.44. The molecule has 5 nitrogen and oxygen atoms in total. The summed E-state index contributed by atoms with van der Waals surface area (Å²) in [7, 11) is 0. The maximum atomic E-state index is 11.1. The van der Waals surface area contributed by atoms with E-state index in [9.17, 15) is 10.1 Å². The first kappa shape index (κ1) is 12.8. The molecule has 0 bridgehead atoms. The molecule has 1 heterocycles. The maximum Gasteiger partial charge on any atom is 0.295 e. The van der Waals surface area contributed by atoms with Crippen LogP contribution in [0.3, 0.4) is 0 Å². The minimum absolute atomic E-state index is 0.0608. The highest BCUT2D eigenvalue weighted by molar-refractivity contribution is 5.96.